The van der Waals surface area contributed by atoms with Crippen LogP contribution in [0.2, 0.25) is 0 Å². The van der Waals surface area contributed by atoms with Crippen LogP contribution in [0.1, 0.15) is 24.5 Å². The predicted octanol–water partition coefficient (Wildman–Crippen LogP) is 1.34. The minimum Gasteiger partial charge on any atom is -0.375 e. The Labute approximate surface area is 120 Å². The summed E-state index contributed by atoms with van der Waals surface area (Å²) in [5, 5.41) is 3.37. The molecule has 1 amide bonds. The number of morpholine rings is 1. The van der Waals surface area contributed by atoms with Crippen LogP contribution in [0.3, 0.4) is 0 Å². The van der Waals surface area contributed by atoms with Gasteiger partial charge in [-0.3, -0.25) is 4.79 Å². The lowest BCUT2D eigenvalue weighted by Gasteiger charge is -2.36. The molecule has 1 unspecified atom stereocenters. The van der Waals surface area contributed by atoms with E-state index in [1.807, 2.05) is 11.0 Å². The van der Waals surface area contributed by atoms with Crippen molar-refractivity contribution in [3.8, 4) is 0 Å². The highest BCUT2D eigenvalue weighted by Crippen LogP contribution is 2.18. The molecule has 0 saturated carbocycles. The Hall–Kier alpha value is -1.39. The first-order valence-corrected chi connectivity index (χ1v) is 7.48. The van der Waals surface area contributed by atoms with Crippen LogP contribution in [0.25, 0.3) is 0 Å². The minimum atomic E-state index is -0.0829. The van der Waals surface area contributed by atoms with Crippen LogP contribution in [0, 0.1) is 0 Å². The molecule has 3 rings (SSSR count). The number of carbonyl (C=O) groups is 1. The predicted molar refractivity (Wildman–Crippen MR) is 77.4 cm³/mol. The normalized spacial score (nSPS) is 26.1. The molecule has 0 spiro atoms. The lowest BCUT2D eigenvalue weighted by Crippen LogP contribution is -2.54. The molecule has 4 heteroatoms. The van der Waals surface area contributed by atoms with Crippen LogP contribution in [-0.2, 0) is 22.5 Å². The number of ether oxygens (including phenoxy) is 1. The van der Waals surface area contributed by atoms with Gasteiger partial charge in [-0.2, -0.15) is 0 Å². The number of rotatable bonds is 2. The van der Waals surface area contributed by atoms with E-state index in [1.54, 1.807) is 0 Å². The molecule has 1 aromatic carbocycles. The summed E-state index contributed by atoms with van der Waals surface area (Å²) in [6.45, 7) is 5.00. The Morgan fingerprint density at radius 2 is 2.20 bits per heavy atom. The molecular weight excluding hydrogens is 252 g/mol. The SMILES string of the molecule is CCC1CN(C(=O)[C@H]2Cc3ccccc3CN2)CCO1. The van der Waals surface area contributed by atoms with Crippen molar-refractivity contribution in [3.05, 3.63) is 35.4 Å². The van der Waals surface area contributed by atoms with Crippen LogP contribution in [0.15, 0.2) is 24.3 Å². The highest BCUT2D eigenvalue weighted by Gasteiger charge is 2.30. The van der Waals surface area contributed by atoms with Gasteiger partial charge in [0.15, 0.2) is 0 Å². The number of hydrogen-bond acceptors (Lipinski definition) is 3. The number of nitrogens with one attached hydrogen (secondary N) is 1. The molecule has 20 heavy (non-hydrogen) atoms. The van der Waals surface area contributed by atoms with Gasteiger partial charge in [-0.25, -0.2) is 0 Å². The zero-order chi connectivity index (χ0) is 13.9. The number of hydrogen-bond donors (Lipinski definition) is 1. The molecule has 108 valence electrons. The second-order valence-corrected chi connectivity index (χ2v) is 5.59. The maximum absolute atomic E-state index is 12.6. The third-order valence-corrected chi connectivity index (χ3v) is 4.29. The first-order valence-electron chi connectivity index (χ1n) is 7.48. The average molecular weight is 274 g/mol. The highest BCUT2D eigenvalue weighted by molar-refractivity contribution is 5.82. The number of carbonyl (C=O) groups excluding carboxylic acids is 1. The van der Waals surface area contributed by atoms with Crippen molar-refractivity contribution < 1.29 is 9.53 Å². The van der Waals surface area contributed by atoms with Crippen molar-refractivity contribution in [2.24, 2.45) is 0 Å². The van der Waals surface area contributed by atoms with Gasteiger partial charge in [0, 0.05) is 19.6 Å². The van der Waals surface area contributed by atoms with Gasteiger partial charge in [-0.1, -0.05) is 31.2 Å². The van der Waals surface area contributed by atoms with E-state index in [9.17, 15) is 4.79 Å². The summed E-state index contributed by atoms with van der Waals surface area (Å²) in [5.41, 5.74) is 2.61. The van der Waals surface area contributed by atoms with Crippen LogP contribution in [-0.4, -0.2) is 42.6 Å². The van der Waals surface area contributed by atoms with E-state index in [1.165, 1.54) is 11.1 Å². The lowest BCUT2D eigenvalue weighted by molar-refractivity contribution is -0.141. The minimum absolute atomic E-state index is 0.0829. The summed E-state index contributed by atoms with van der Waals surface area (Å²) >= 11 is 0. The second kappa shape index (κ2) is 5.94. The first-order chi connectivity index (χ1) is 9.78. The molecule has 0 aromatic heterocycles. The zero-order valence-corrected chi connectivity index (χ0v) is 12.0. The highest BCUT2D eigenvalue weighted by atomic mass is 16.5. The third-order valence-electron chi connectivity index (χ3n) is 4.29. The van der Waals surface area contributed by atoms with Crippen LogP contribution < -0.4 is 5.32 Å². The molecule has 1 saturated heterocycles. The molecule has 1 fully saturated rings. The molecule has 0 radical (unpaired) electrons. The maximum atomic E-state index is 12.6. The monoisotopic (exact) mass is 274 g/mol. The molecule has 1 aromatic rings. The largest absolute Gasteiger partial charge is 0.375 e. The number of benzene rings is 1. The van der Waals surface area contributed by atoms with Gasteiger partial charge in [-0.15, -0.1) is 0 Å². The molecule has 2 heterocycles. The van der Waals surface area contributed by atoms with Gasteiger partial charge < -0.3 is 15.0 Å². The summed E-state index contributed by atoms with van der Waals surface area (Å²) < 4.78 is 5.64. The molecule has 2 atom stereocenters. The molecule has 0 aliphatic carbocycles. The fraction of sp³-hybridized carbons (Fsp3) is 0.562. The van der Waals surface area contributed by atoms with Crippen LogP contribution >= 0.6 is 0 Å². The van der Waals surface area contributed by atoms with E-state index < -0.39 is 0 Å². The Morgan fingerprint density at radius 3 is 3.00 bits per heavy atom. The van der Waals surface area contributed by atoms with Gasteiger partial charge >= 0.3 is 0 Å². The maximum Gasteiger partial charge on any atom is 0.240 e. The quantitative estimate of drug-likeness (QED) is 0.885. The molecule has 4 nitrogen and oxygen atoms in total. The summed E-state index contributed by atoms with van der Waals surface area (Å²) in [4.78, 5) is 14.6. The summed E-state index contributed by atoms with van der Waals surface area (Å²) in [5.74, 6) is 0.223. The van der Waals surface area contributed by atoms with Gasteiger partial charge in [0.1, 0.15) is 0 Å². The first kappa shape index (κ1) is 13.6. The van der Waals surface area contributed by atoms with Crippen molar-refractivity contribution >= 4 is 5.91 Å². The molecule has 0 bridgehead atoms. The fourth-order valence-electron chi connectivity index (χ4n) is 3.02. The van der Waals surface area contributed by atoms with Crippen molar-refractivity contribution in [3.63, 3.8) is 0 Å². The van der Waals surface area contributed by atoms with Gasteiger partial charge in [0.25, 0.3) is 0 Å². The molecule has 2 aliphatic rings. The Balaban J connectivity index is 1.67. The van der Waals surface area contributed by atoms with Crippen molar-refractivity contribution in [2.45, 2.75) is 38.5 Å². The van der Waals surface area contributed by atoms with Crippen molar-refractivity contribution in [1.82, 2.24) is 10.2 Å². The van der Waals surface area contributed by atoms with Crippen molar-refractivity contribution in [1.29, 1.82) is 0 Å². The Kier molecular flexibility index (Phi) is 4.03. The number of fused-ring (bicyclic) bond motifs is 1. The topological polar surface area (TPSA) is 41.6 Å². The third kappa shape index (κ3) is 2.72. The Bertz CT molecular complexity index is 489. The van der Waals surface area contributed by atoms with E-state index in [0.717, 1.165) is 32.5 Å². The van der Waals surface area contributed by atoms with E-state index in [0.29, 0.717) is 6.61 Å². The van der Waals surface area contributed by atoms with E-state index in [4.69, 9.17) is 4.74 Å². The van der Waals surface area contributed by atoms with Gasteiger partial charge in [-0.05, 0) is 24.0 Å². The van der Waals surface area contributed by atoms with Gasteiger partial charge in [0.05, 0.1) is 18.8 Å². The van der Waals surface area contributed by atoms with E-state index >= 15 is 0 Å². The van der Waals surface area contributed by atoms with Crippen LogP contribution in [0.4, 0.5) is 0 Å². The van der Waals surface area contributed by atoms with Crippen molar-refractivity contribution in [2.75, 3.05) is 19.7 Å². The fourth-order valence-corrected chi connectivity index (χ4v) is 3.02. The lowest BCUT2D eigenvalue weighted by atomic mass is 9.95. The molecule has 2 aliphatic heterocycles. The smallest absolute Gasteiger partial charge is 0.240 e. The summed E-state index contributed by atoms with van der Waals surface area (Å²) in [7, 11) is 0. The average Bonchev–Trinajstić information content (AvgIpc) is 2.53. The standard InChI is InChI=1S/C16H22N2O2/c1-2-14-11-18(7-8-20-14)16(19)15-9-12-5-3-4-6-13(12)10-17-15/h3-6,14-15,17H,2,7-11H2,1H3/t14?,15-/m1/s1. The zero-order valence-electron chi connectivity index (χ0n) is 12.0. The number of amides is 1. The molecular formula is C16H22N2O2. The summed E-state index contributed by atoms with van der Waals surface area (Å²) in [6, 6.07) is 8.28. The summed E-state index contributed by atoms with van der Waals surface area (Å²) in [6.07, 6.45) is 1.96. The van der Waals surface area contributed by atoms with Crippen LogP contribution in [0.5, 0.6) is 0 Å². The van der Waals surface area contributed by atoms with E-state index in [2.05, 4.69) is 30.4 Å². The molecule has 1 N–H and O–H groups in total. The number of nitrogens with zero attached hydrogens (tertiary/aromatic N) is 1. The van der Waals surface area contributed by atoms with E-state index in [-0.39, 0.29) is 18.1 Å². The van der Waals surface area contributed by atoms with Gasteiger partial charge in [0.2, 0.25) is 5.91 Å². The Morgan fingerprint density at radius 1 is 1.40 bits per heavy atom. The second-order valence-electron chi connectivity index (χ2n) is 5.59.